The Bertz CT molecular complexity index is 410. The summed E-state index contributed by atoms with van der Waals surface area (Å²) in [7, 11) is 4.12. The molecule has 0 aromatic heterocycles. The van der Waals surface area contributed by atoms with E-state index < -0.39 is 18.6 Å². The molecule has 1 aromatic rings. The van der Waals surface area contributed by atoms with Crippen molar-refractivity contribution in [1.29, 1.82) is 0 Å². The third-order valence-electron chi connectivity index (χ3n) is 2.58. The quantitative estimate of drug-likeness (QED) is 0.900. The summed E-state index contributed by atoms with van der Waals surface area (Å²) in [6.45, 7) is 0. The Balaban J connectivity index is 3.23. The van der Waals surface area contributed by atoms with Gasteiger partial charge in [0.05, 0.1) is 33.3 Å². The summed E-state index contributed by atoms with van der Waals surface area (Å²) >= 11 is 0. The van der Waals surface area contributed by atoms with Crippen LogP contribution in [0.5, 0.6) is 17.2 Å². The smallest absolute Gasteiger partial charge is 0.390 e. The Kier molecular flexibility index (Phi) is 4.88. The van der Waals surface area contributed by atoms with Gasteiger partial charge in [0.25, 0.3) is 0 Å². The highest BCUT2D eigenvalue weighted by Crippen LogP contribution is 2.40. The second-order valence-corrected chi connectivity index (χ2v) is 3.87. The first kappa shape index (κ1) is 15.4. The van der Waals surface area contributed by atoms with Crippen LogP contribution in [0.25, 0.3) is 0 Å². The van der Waals surface area contributed by atoms with Crippen molar-refractivity contribution < 1.29 is 27.4 Å². The maximum absolute atomic E-state index is 12.4. The summed E-state index contributed by atoms with van der Waals surface area (Å²) in [6.07, 6.45) is -5.53. The summed E-state index contributed by atoms with van der Waals surface area (Å²) in [5.41, 5.74) is 5.77. The average Bonchev–Trinajstić information content (AvgIpc) is 2.34. The molecule has 2 N–H and O–H groups in total. The summed E-state index contributed by atoms with van der Waals surface area (Å²) in [5, 5.41) is 0. The van der Waals surface area contributed by atoms with Crippen molar-refractivity contribution in [2.75, 3.05) is 21.3 Å². The molecule has 0 aliphatic rings. The van der Waals surface area contributed by atoms with Gasteiger partial charge in [0, 0.05) is 18.2 Å². The lowest BCUT2D eigenvalue weighted by Gasteiger charge is -2.20. The van der Waals surface area contributed by atoms with Crippen LogP contribution in [-0.4, -0.2) is 27.5 Å². The predicted octanol–water partition coefficient (Wildman–Crippen LogP) is 2.66. The van der Waals surface area contributed by atoms with Gasteiger partial charge in [0.1, 0.15) is 17.2 Å². The minimum Gasteiger partial charge on any atom is -0.496 e. The third-order valence-corrected chi connectivity index (χ3v) is 2.58. The van der Waals surface area contributed by atoms with E-state index >= 15 is 0 Å². The number of rotatable bonds is 5. The van der Waals surface area contributed by atoms with Gasteiger partial charge in [-0.05, 0) is 0 Å². The van der Waals surface area contributed by atoms with Crippen LogP contribution < -0.4 is 19.9 Å². The van der Waals surface area contributed by atoms with Gasteiger partial charge >= 0.3 is 6.18 Å². The Labute approximate surface area is 109 Å². The lowest BCUT2D eigenvalue weighted by Crippen LogP contribution is -2.21. The van der Waals surface area contributed by atoms with Crippen molar-refractivity contribution in [2.24, 2.45) is 5.73 Å². The minimum atomic E-state index is -4.37. The van der Waals surface area contributed by atoms with Crippen LogP contribution in [0.3, 0.4) is 0 Å². The molecular formula is C12H16F3NO3. The molecule has 108 valence electrons. The van der Waals surface area contributed by atoms with E-state index in [1.807, 2.05) is 0 Å². The van der Waals surface area contributed by atoms with E-state index in [0.29, 0.717) is 5.75 Å². The molecule has 0 bridgehead atoms. The van der Waals surface area contributed by atoms with E-state index in [2.05, 4.69) is 0 Å². The van der Waals surface area contributed by atoms with Gasteiger partial charge in [-0.1, -0.05) is 0 Å². The topological polar surface area (TPSA) is 53.7 Å². The van der Waals surface area contributed by atoms with Crippen LogP contribution in [0.2, 0.25) is 0 Å². The van der Waals surface area contributed by atoms with E-state index in [4.69, 9.17) is 19.9 Å². The average molecular weight is 279 g/mol. The zero-order valence-electron chi connectivity index (χ0n) is 10.9. The van der Waals surface area contributed by atoms with Gasteiger partial charge in [0.15, 0.2) is 0 Å². The number of methoxy groups -OCH3 is 3. The fraction of sp³-hybridized carbons (Fsp3) is 0.500. The molecule has 1 aromatic carbocycles. The zero-order valence-corrected chi connectivity index (χ0v) is 10.9. The molecule has 1 atom stereocenters. The number of nitrogens with two attached hydrogens (primary N) is 1. The number of alkyl halides is 3. The van der Waals surface area contributed by atoms with Gasteiger partial charge in [-0.15, -0.1) is 0 Å². The van der Waals surface area contributed by atoms with Crippen molar-refractivity contribution in [1.82, 2.24) is 0 Å². The van der Waals surface area contributed by atoms with Crippen molar-refractivity contribution >= 4 is 0 Å². The monoisotopic (exact) mass is 279 g/mol. The van der Waals surface area contributed by atoms with Crippen molar-refractivity contribution in [3.63, 3.8) is 0 Å². The van der Waals surface area contributed by atoms with Crippen LogP contribution in [0.1, 0.15) is 18.0 Å². The fourth-order valence-electron chi connectivity index (χ4n) is 1.75. The number of halogens is 3. The maximum Gasteiger partial charge on any atom is 0.390 e. The molecule has 1 rings (SSSR count). The second kappa shape index (κ2) is 6.01. The number of benzene rings is 1. The summed E-state index contributed by atoms with van der Waals surface area (Å²) in [5.74, 6) is 0.817. The molecule has 19 heavy (non-hydrogen) atoms. The first-order valence-corrected chi connectivity index (χ1v) is 5.44. The SMILES string of the molecule is COc1cc(OC)c(C(N)CC(F)(F)F)c(OC)c1. The lowest BCUT2D eigenvalue weighted by molar-refractivity contribution is -0.138. The van der Waals surface area contributed by atoms with Gasteiger partial charge in [-0.3, -0.25) is 0 Å². The van der Waals surface area contributed by atoms with Crippen LogP contribution in [0, 0.1) is 0 Å². The molecule has 0 aliphatic heterocycles. The van der Waals surface area contributed by atoms with E-state index in [-0.39, 0.29) is 17.1 Å². The summed E-state index contributed by atoms with van der Waals surface area (Å²) in [4.78, 5) is 0. The largest absolute Gasteiger partial charge is 0.496 e. The Hall–Kier alpha value is -1.63. The predicted molar refractivity (Wildman–Crippen MR) is 63.7 cm³/mol. The molecular weight excluding hydrogens is 263 g/mol. The Morgan fingerprint density at radius 2 is 1.53 bits per heavy atom. The third kappa shape index (κ3) is 3.92. The molecule has 0 saturated heterocycles. The molecule has 0 aliphatic carbocycles. The number of hydrogen-bond donors (Lipinski definition) is 1. The first-order chi connectivity index (χ1) is 8.82. The Morgan fingerprint density at radius 1 is 1.05 bits per heavy atom. The zero-order chi connectivity index (χ0) is 14.6. The highest BCUT2D eigenvalue weighted by atomic mass is 19.4. The second-order valence-electron chi connectivity index (χ2n) is 3.87. The van der Waals surface area contributed by atoms with Crippen LogP contribution >= 0.6 is 0 Å². The van der Waals surface area contributed by atoms with Crippen molar-refractivity contribution in [3.05, 3.63) is 17.7 Å². The van der Waals surface area contributed by atoms with Crippen LogP contribution in [0.4, 0.5) is 13.2 Å². The van der Waals surface area contributed by atoms with Gasteiger partial charge in [-0.25, -0.2) is 0 Å². The molecule has 0 fully saturated rings. The number of hydrogen-bond acceptors (Lipinski definition) is 4. The highest BCUT2D eigenvalue weighted by molar-refractivity contribution is 5.52. The molecule has 0 heterocycles. The normalized spacial score (nSPS) is 13.0. The van der Waals surface area contributed by atoms with Crippen molar-refractivity contribution in [2.45, 2.75) is 18.6 Å². The highest BCUT2D eigenvalue weighted by Gasteiger charge is 2.33. The fourth-order valence-corrected chi connectivity index (χ4v) is 1.75. The minimum absolute atomic E-state index is 0.170. The van der Waals surface area contributed by atoms with Crippen LogP contribution in [0.15, 0.2) is 12.1 Å². The first-order valence-electron chi connectivity index (χ1n) is 5.44. The van der Waals surface area contributed by atoms with Gasteiger partial charge in [0.2, 0.25) is 0 Å². The molecule has 7 heteroatoms. The van der Waals surface area contributed by atoms with Crippen molar-refractivity contribution in [3.8, 4) is 17.2 Å². The molecule has 4 nitrogen and oxygen atoms in total. The van der Waals surface area contributed by atoms with E-state index in [0.717, 1.165) is 0 Å². The van der Waals surface area contributed by atoms with E-state index in [9.17, 15) is 13.2 Å². The maximum atomic E-state index is 12.4. The van der Waals surface area contributed by atoms with Gasteiger partial charge in [-0.2, -0.15) is 13.2 Å². The summed E-state index contributed by atoms with van der Waals surface area (Å²) < 4.78 is 52.4. The van der Waals surface area contributed by atoms with Crippen LogP contribution in [-0.2, 0) is 0 Å². The Morgan fingerprint density at radius 3 is 1.84 bits per heavy atom. The lowest BCUT2D eigenvalue weighted by atomic mass is 10.0. The summed E-state index contributed by atoms with van der Waals surface area (Å²) in [6, 6.07) is 1.66. The molecule has 0 saturated carbocycles. The van der Waals surface area contributed by atoms with E-state index in [1.165, 1.54) is 33.5 Å². The molecule has 0 spiro atoms. The van der Waals surface area contributed by atoms with E-state index in [1.54, 1.807) is 0 Å². The number of ether oxygens (including phenoxy) is 3. The van der Waals surface area contributed by atoms with Gasteiger partial charge < -0.3 is 19.9 Å². The molecule has 0 radical (unpaired) electrons. The molecule has 1 unspecified atom stereocenters. The molecule has 0 amide bonds. The standard InChI is InChI=1S/C12H16F3NO3/c1-17-7-4-9(18-2)11(10(5-7)19-3)8(16)6-12(13,14)15/h4-5,8H,6,16H2,1-3H3.